The van der Waals surface area contributed by atoms with Crippen LogP contribution in [0.15, 0.2) is 47.6 Å². The van der Waals surface area contributed by atoms with E-state index in [0.29, 0.717) is 56.9 Å². The van der Waals surface area contributed by atoms with Gasteiger partial charge in [0, 0.05) is 50.2 Å². The molecule has 1 aliphatic carbocycles. The van der Waals surface area contributed by atoms with Crippen molar-refractivity contribution in [1.29, 1.82) is 0 Å². The van der Waals surface area contributed by atoms with Crippen molar-refractivity contribution in [2.24, 2.45) is 41.4 Å². The molecule has 3 saturated heterocycles. The van der Waals surface area contributed by atoms with Crippen LogP contribution in [0.2, 0.25) is 0 Å². The van der Waals surface area contributed by atoms with Gasteiger partial charge in [0.25, 0.3) is 11.7 Å². The number of rotatable bonds is 5. The minimum absolute atomic E-state index is 0.00101. The van der Waals surface area contributed by atoms with Gasteiger partial charge in [0.1, 0.15) is 30.1 Å². The van der Waals surface area contributed by atoms with Crippen molar-refractivity contribution in [3.63, 3.8) is 0 Å². The topological polar surface area (TPSA) is 186 Å². The van der Waals surface area contributed by atoms with E-state index < -0.39 is 77.8 Å². The van der Waals surface area contributed by atoms with Gasteiger partial charge in [0.2, 0.25) is 5.79 Å². The number of carbonyl (C=O) groups is 5. The van der Waals surface area contributed by atoms with E-state index in [4.69, 9.17) is 18.9 Å². The SMILES string of the molecule is CO[C@@H]1C(=O)[C@H](C)C[C@H](C)/C=C/C=C/C=C(\C)[C@H](SC)C[C@@H]2CC[C@@H](C)[C@@](O)(O2)C(=O)C(=O)N2CC[C@H]3C[C@H]2C(=O)O[C@H](CC(=O)[C@H](C)/C=C(\C)[C@H]1O)C3C[C@@H]1CC[C@H](O)[C@H](OC)C1. The van der Waals surface area contributed by atoms with E-state index in [9.17, 15) is 39.3 Å². The lowest BCUT2D eigenvalue weighted by molar-refractivity contribution is -0.263. The lowest BCUT2D eigenvalue weighted by Crippen LogP contribution is -2.61. The molecule has 1 saturated carbocycles. The lowest BCUT2D eigenvalue weighted by atomic mass is 9.71. The van der Waals surface area contributed by atoms with E-state index in [1.54, 1.807) is 45.7 Å². The number of esters is 1. The van der Waals surface area contributed by atoms with Gasteiger partial charge in [0.05, 0.1) is 18.3 Å². The van der Waals surface area contributed by atoms with Crippen LogP contribution in [-0.2, 0) is 42.9 Å². The molecule has 0 aromatic carbocycles. The monoisotopic (exact) mass is 914 g/mol. The molecule has 3 N–H and O–H groups in total. The van der Waals surface area contributed by atoms with Gasteiger partial charge in [-0.05, 0) is 114 Å². The number of aliphatic hydroxyl groups excluding tert-OH is 2. The van der Waals surface area contributed by atoms with Gasteiger partial charge < -0.3 is 39.2 Å². The third kappa shape index (κ3) is 12.3. The van der Waals surface area contributed by atoms with Gasteiger partial charge in [-0.15, -0.1) is 0 Å². The number of piperidine rings is 1. The Morgan fingerprint density at radius 3 is 2.30 bits per heavy atom. The summed E-state index contributed by atoms with van der Waals surface area (Å²) in [5.74, 6) is -7.72. The summed E-state index contributed by atoms with van der Waals surface area (Å²) in [7, 11) is 2.97. The highest BCUT2D eigenvalue weighted by Gasteiger charge is 2.55. The maximum Gasteiger partial charge on any atom is 0.329 e. The molecule has 1 amide bonds. The predicted molar refractivity (Wildman–Crippen MR) is 245 cm³/mol. The number of aliphatic hydroxyl groups is 3. The molecule has 5 aliphatic rings. The third-order valence-corrected chi connectivity index (χ3v) is 16.1. The molecule has 5 bridgehead atoms. The average molecular weight is 914 g/mol. The molecular formula is C50H75NO12S. The number of thioether (sulfide) groups is 1. The highest BCUT2D eigenvalue weighted by molar-refractivity contribution is 7.99. The number of carbonyl (C=O) groups excluding carboxylic acids is 5. The van der Waals surface area contributed by atoms with Crippen molar-refractivity contribution in [3.05, 3.63) is 47.6 Å². The smallest absolute Gasteiger partial charge is 0.329 e. The molecular weight excluding hydrogens is 839 g/mol. The molecule has 358 valence electrons. The molecule has 0 spiro atoms. The van der Waals surface area contributed by atoms with E-state index in [1.165, 1.54) is 12.0 Å². The first kappa shape index (κ1) is 52.0. The van der Waals surface area contributed by atoms with Gasteiger partial charge in [-0.1, -0.05) is 69.7 Å². The fraction of sp³-hybridized carbons (Fsp3) is 0.740. The second kappa shape index (κ2) is 23.2. The summed E-state index contributed by atoms with van der Waals surface area (Å²) in [6.07, 6.45) is 13.9. The number of nitrogens with zero attached hydrogens (tertiary/aromatic N) is 1. The molecule has 13 nitrogen and oxygen atoms in total. The third-order valence-electron chi connectivity index (χ3n) is 15.0. The van der Waals surface area contributed by atoms with Crippen LogP contribution in [0.4, 0.5) is 0 Å². The lowest BCUT2D eigenvalue weighted by Gasteiger charge is -2.43. The zero-order valence-corrected chi connectivity index (χ0v) is 40.3. The maximum atomic E-state index is 14.3. The molecule has 0 aromatic rings. The highest BCUT2D eigenvalue weighted by atomic mass is 32.2. The molecule has 16 atom stereocenters. The van der Waals surface area contributed by atoms with Crippen LogP contribution in [0, 0.1) is 41.4 Å². The number of hydrogen-bond acceptors (Lipinski definition) is 13. The summed E-state index contributed by atoms with van der Waals surface area (Å²) < 4.78 is 23.7. The first-order valence-electron chi connectivity index (χ1n) is 23.5. The van der Waals surface area contributed by atoms with Crippen molar-refractivity contribution in [3.8, 4) is 0 Å². The van der Waals surface area contributed by atoms with Crippen molar-refractivity contribution >= 4 is 41.0 Å². The van der Waals surface area contributed by atoms with Crippen molar-refractivity contribution in [2.45, 2.75) is 166 Å². The van der Waals surface area contributed by atoms with Gasteiger partial charge in [-0.2, -0.15) is 11.8 Å². The Labute approximate surface area is 384 Å². The van der Waals surface area contributed by atoms with Crippen LogP contribution in [0.25, 0.3) is 0 Å². The summed E-state index contributed by atoms with van der Waals surface area (Å²) in [6.45, 7) is 11.0. The number of methoxy groups -OCH3 is 2. The van der Waals surface area contributed by atoms with Crippen molar-refractivity contribution in [2.75, 3.05) is 27.0 Å². The van der Waals surface area contributed by atoms with E-state index in [-0.39, 0.29) is 66.0 Å². The Morgan fingerprint density at radius 2 is 1.61 bits per heavy atom. The minimum atomic E-state index is -2.38. The van der Waals surface area contributed by atoms with Crippen LogP contribution < -0.4 is 0 Å². The second-order valence-electron chi connectivity index (χ2n) is 19.6. The molecule has 14 heteroatoms. The second-order valence-corrected chi connectivity index (χ2v) is 20.6. The zero-order valence-electron chi connectivity index (χ0n) is 39.5. The summed E-state index contributed by atoms with van der Waals surface area (Å²) in [6, 6.07) is -1.10. The van der Waals surface area contributed by atoms with Crippen LogP contribution in [0.5, 0.6) is 0 Å². The van der Waals surface area contributed by atoms with Gasteiger partial charge >= 0.3 is 5.97 Å². The van der Waals surface area contributed by atoms with Crippen molar-refractivity contribution < 1.29 is 58.2 Å². The van der Waals surface area contributed by atoms with E-state index in [1.807, 2.05) is 57.4 Å². The molecule has 0 aromatic heterocycles. The van der Waals surface area contributed by atoms with Crippen LogP contribution in [0.3, 0.4) is 0 Å². The zero-order chi connectivity index (χ0) is 47.0. The molecule has 5 rings (SSSR count). The van der Waals surface area contributed by atoms with Crippen LogP contribution in [0.1, 0.15) is 112 Å². The van der Waals surface area contributed by atoms with E-state index in [0.717, 1.165) is 12.0 Å². The predicted octanol–water partition coefficient (Wildman–Crippen LogP) is 6.12. The number of fused-ring (bicyclic) bond motifs is 5. The minimum Gasteiger partial charge on any atom is -0.460 e. The van der Waals surface area contributed by atoms with Crippen LogP contribution >= 0.6 is 11.8 Å². The number of hydrogen-bond donors (Lipinski definition) is 3. The maximum absolute atomic E-state index is 14.3. The molecule has 4 heterocycles. The number of ether oxygens (including phenoxy) is 4. The Bertz CT molecular complexity index is 1790. The Balaban J connectivity index is 1.49. The summed E-state index contributed by atoms with van der Waals surface area (Å²) in [5.41, 5.74) is 1.47. The normalized spacial score (nSPS) is 43.2. The van der Waals surface area contributed by atoms with Gasteiger partial charge in [-0.25, -0.2) is 4.79 Å². The first-order valence-corrected chi connectivity index (χ1v) is 24.8. The van der Waals surface area contributed by atoms with Gasteiger partial charge in [-0.3, -0.25) is 19.2 Å². The fourth-order valence-corrected chi connectivity index (χ4v) is 11.7. The molecule has 4 fully saturated rings. The summed E-state index contributed by atoms with van der Waals surface area (Å²) >= 11 is 1.63. The Hall–Kier alpha value is -2.98. The number of amides is 1. The molecule has 64 heavy (non-hydrogen) atoms. The van der Waals surface area contributed by atoms with E-state index in [2.05, 4.69) is 0 Å². The highest BCUT2D eigenvalue weighted by Crippen LogP contribution is 2.44. The van der Waals surface area contributed by atoms with Crippen LogP contribution in [-0.4, -0.2) is 130 Å². The molecule has 4 aliphatic heterocycles. The molecule has 1 unspecified atom stereocenters. The number of ketones is 3. The Kier molecular flexibility index (Phi) is 18.8. The Morgan fingerprint density at radius 1 is 0.875 bits per heavy atom. The number of Topliss-reactive ketones (excluding diaryl/α,β-unsaturated/α-hetero) is 3. The average Bonchev–Trinajstić information content (AvgIpc) is 3.36. The first-order chi connectivity index (χ1) is 30.3. The largest absolute Gasteiger partial charge is 0.460 e. The number of allylic oxidation sites excluding steroid dienone is 6. The molecule has 0 radical (unpaired) electrons. The van der Waals surface area contributed by atoms with Gasteiger partial charge in [0.15, 0.2) is 5.78 Å². The summed E-state index contributed by atoms with van der Waals surface area (Å²) in [5, 5.41) is 34.0. The van der Waals surface area contributed by atoms with E-state index >= 15 is 0 Å². The van der Waals surface area contributed by atoms with Crippen molar-refractivity contribution in [1.82, 2.24) is 4.90 Å². The fourth-order valence-electron chi connectivity index (χ4n) is 10.8. The standard InChI is InChI=1S/C50H75NO12S/c1-28-13-11-10-12-14-29(2)43(64-9)26-36-17-15-33(6)50(59,63-36)47(56)48(57)51-20-19-35-25-38(51)49(58)62-41(37(35)23-34-16-18-39(52)42(24-34)60-7)27-40(53)30(3)22-32(5)45(55)46(61-8)44(54)31(4)21-28/h10-14,22,28,30-31,33-39,41-43,45-46,52,55,59H,15-21,23-27H2,1-9H3/b12-10+,13-11+,29-14+,32-22+/t28-,30-,31-,33-,34+,35+,36+,37?,38+,39+,41-,42-,43-,45-,46-,50-/m1/s1. The quantitative estimate of drug-likeness (QED) is 0.163. The summed E-state index contributed by atoms with van der Waals surface area (Å²) in [4.78, 5) is 71.9.